The van der Waals surface area contributed by atoms with E-state index in [0.717, 1.165) is 5.56 Å². The van der Waals surface area contributed by atoms with Crippen LogP contribution in [0.25, 0.3) is 10.4 Å². The molecule has 0 spiro atoms. The highest BCUT2D eigenvalue weighted by molar-refractivity contribution is 5.42. The lowest BCUT2D eigenvalue weighted by Gasteiger charge is -2.06. The average Bonchev–Trinajstić information content (AvgIpc) is 2.89. The Bertz CT molecular complexity index is 411. The molecule has 1 heterocycles. The molecule has 0 saturated carbocycles. The highest BCUT2D eigenvalue weighted by atomic mass is 16.6. The summed E-state index contributed by atoms with van der Waals surface area (Å²) in [6.07, 6.45) is 0.292. The van der Waals surface area contributed by atoms with Crippen molar-refractivity contribution in [3.05, 3.63) is 45.8 Å². The Morgan fingerprint density at radius 3 is 2.85 bits per heavy atom. The molecule has 1 aromatic rings. The molecule has 1 aliphatic carbocycles. The predicted molar refractivity (Wildman–Crippen MR) is 45.9 cm³/mol. The molecule has 1 saturated heterocycles. The molecular weight excluding hydrogens is 166 g/mol. The highest BCUT2D eigenvalue weighted by Crippen LogP contribution is 2.56. The van der Waals surface area contributed by atoms with E-state index in [1.54, 1.807) is 0 Å². The molecule has 3 atom stereocenters. The molecule has 1 aliphatic heterocycles. The minimum Gasteiger partial charge on any atom is -0.364 e. The Hall–Kier alpha value is -1.51. The van der Waals surface area contributed by atoms with Crippen molar-refractivity contribution < 1.29 is 4.74 Å². The molecule has 13 heavy (non-hydrogen) atoms. The second-order valence-corrected chi connectivity index (χ2v) is 3.30. The third kappa shape index (κ3) is 0.813. The Morgan fingerprint density at radius 2 is 2.08 bits per heavy atom. The van der Waals surface area contributed by atoms with E-state index in [1.165, 1.54) is 5.56 Å². The molecule has 2 aliphatic rings. The van der Waals surface area contributed by atoms with E-state index in [1.807, 2.05) is 24.3 Å². The van der Waals surface area contributed by atoms with Crippen molar-refractivity contribution >= 4 is 0 Å². The topological polar surface area (TPSA) is 61.3 Å². The molecule has 4 heteroatoms. The van der Waals surface area contributed by atoms with Crippen LogP contribution < -0.4 is 0 Å². The van der Waals surface area contributed by atoms with Crippen molar-refractivity contribution in [2.24, 2.45) is 5.11 Å². The summed E-state index contributed by atoms with van der Waals surface area (Å²) in [7, 11) is 0. The molecule has 0 aromatic heterocycles. The van der Waals surface area contributed by atoms with Gasteiger partial charge in [-0.1, -0.05) is 29.4 Å². The van der Waals surface area contributed by atoms with Crippen LogP contribution in [0.2, 0.25) is 0 Å². The van der Waals surface area contributed by atoms with Gasteiger partial charge in [0, 0.05) is 4.91 Å². The summed E-state index contributed by atoms with van der Waals surface area (Å²) in [5.74, 6) is 0. The fraction of sp³-hybridized carbons (Fsp3) is 0.333. The molecule has 4 nitrogen and oxygen atoms in total. The van der Waals surface area contributed by atoms with Crippen LogP contribution in [-0.2, 0) is 4.74 Å². The lowest BCUT2D eigenvalue weighted by atomic mass is 10.1. The van der Waals surface area contributed by atoms with E-state index < -0.39 is 0 Å². The van der Waals surface area contributed by atoms with Gasteiger partial charge < -0.3 is 4.74 Å². The zero-order valence-electron chi connectivity index (χ0n) is 6.79. The number of benzene rings is 1. The number of ether oxygens (including phenoxy) is 1. The fourth-order valence-electron chi connectivity index (χ4n) is 2.01. The van der Waals surface area contributed by atoms with Gasteiger partial charge >= 0.3 is 0 Å². The summed E-state index contributed by atoms with van der Waals surface area (Å²) >= 11 is 0. The summed E-state index contributed by atoms with van der Waals surface area (Å²) in [5, 5.41) is 3.74. The fourth-order valence-corrected chi connectivity index (χ4v) is 2.01. The molecule has 0 bridgehead atoms. The smallest absolute Gasteiger partial charge is 0.110 e. The number of nitrogens with zero attached hydrogens (tertiary/aromatic N) is 3. The number of fused-ring (bicyclic) bond motifs is 3. The highest BCUT2D eigenvalue weighted by Gasteiger charge is 2.53. The van der Waals surface area contributed by atoms with Gasteiger partial charge in [0.15, 0.2) is 0 Å². The first kappa shape index (κ1) is 6.95. The van der Waals surface area contributed by atoms with E-state index in [0.29, 0.717) is 0 Å². The molecule has 0 amide bonds. The van der Waals surface area contributed by atoms with E-state index in [-0.39, 0.29) is 18.2 Å². The van der Waals surface area contributed by atoms with Crippen molar-refractivity contribution in [1.29, 1.82) is 0 Å². The van der Waals surface area contributed by atoms with E-state index >= 15 is 0 Å². The van der Waals surface area contributed by atoms with Crippen molar-refractivity contribution in [2.45, 2.75) is 18.2 Å². The van der Waals surface area contributed by atoms with Gasteiger partial charge in [0.2, 0.25) is 0 Å². The summed E-state index contributed by atoms with van der Waals surface area (Å²) in [4.78, 5) is 2.84. The van der Waals surface area contributed by atoms with Crippen LogP contribution in [0.1, 0.15) is 23.3 Å². The SMILES string of the molecule is [N-]=[N+]=N[C@H]1c2ccccc2[C@H]2O[C@H]21. The van der Waals surface area contributed by atoms with Crippen molar-refractivity contribution in [1.82, 2.24) is 0 Å². The molecule has 64 valence electrons. The largest absolute Gasteiger partial charge is 0.364 e. The van der Waals surface area contributed by atoms with Gasteiger partial charge in [-0.2, -0.15) is 0 Å². The van der Waals surface area contributed by atoms with Crippen LogP contribution in [0.4, 0.5) is 0 Å². The average molecular weight is 173 g/mol. The molecular formula is C9H7N3O. The van der Waals surface area contributed by atoms with Crippen LogP contribution in [-0.4, -0.2) is 6.10 Å². The predicted octanol–water partition coefficient (Wildman–Crippen LogP) is 2.49. The Morgan fingerprint density at radius 1 is 1.31 bits per heavy atom. The maximum Gasteiger partial charge on any atom is 0.110 e. The minimum atomic E-state index is -0.105. The van der Waals surface area contributed by atoms with E-state index in [4.69, 9.17) is 10.3 Å². The van der Waals surface area contributed by atoms with Crippen molar-refractivity contribution in [2.75, 3.05) is 0 Å². The number of hydrogen-bond donors (Lipinski definition) is 0. The summed E-state index contributed by atoms with van der Waals surface area (Å²) in [5.41, 5.74) is 10.7. The molecule has 0 radical (unpaired) electrons. The zero-order chi connectivity index (χ0) is 8.84. The number of hydrogen-bond acceptors (Lipinski definition) is 2. The van der Waals surface area contributed by atoms with Gasteiger partial charge in [-0.25, -0.2) is 0 Å². The molecule has 3 rings (SSSR count). The van der Waals surface area contributed by atoms with Crippen molar-refractivity contribution in [3.63, 3.8) is 0 Å². The minimum absolute atomic E-state index is 0.105. The standard InChI is InChI=1S/C9H7N3O/c10-12-11-7-5-3-1-2-4-6(5)8-9(7)13-8/h1-4,7-9H/t7-,8+,9-/m0/s1. The third-order valence-corrected chi connectivity index (χ3v) is 2.63. The van der Waals surface area contributed by atoms with Crippen LogP contribution >= 0.6 is 0 Å². The number of azide groups is 1. The molecule has 1 aromatic carbocycles. The first-order chi connectivity index (χ1) is 6.42. The van der Waals surface area contributed by atoms with Gasteiger partial charge in [0.25, 0.3) is 0 Å². The normalized spacial score (nSPS) is 33.1. The number of rotatable bonds is 1. The summed E-state index contributed by atoms with van der Waals surface area (Å²) < 4.78 is 5.38. The second-order valence-electron chi connectivity index (χ2n) is 3.30. The van der Waals surface area contributed by atoms with Gasteiger partial charge in [0.05, 0.1) is 6.04 Å². The lowest BCUT2D eigenvalue weighted by molar-refractivity contribution is 0.337. The van der Waals surface area contributed by atoms with Gasteiger partial charge in [-0.3, -0.25) is 0 Å². The molecule has 0 N–H and O–H groups in total. The van der Waals surface area contributed by atoms with Gasteiger partial charge in [-0.05, 0) is 16.7 Å². The maximum absolute atomic E-state index is 8.39. The summed E-state index contributed by atoms with van der Waals surface area (Å²) in [6, 6.07) is 7.88. The Kier molecular flexibility index (Phi) is 1.20. The first-order valence-electron chi connectivity index (χ1n) is 4.20. The van der Waals surface area contributed by atoms with Crippen molar-refractivity contribution in [3.8, 4) is 0 Å². The maximum atomic E-state index is 8.39. The lowest BCUT2D eigenvalue weighted by Crippen LogP contribution is -1.97. The monoisotopic (exact) mass is 173 g/mol. The van der Waals surface area contributed by atoms with Crippen LogP contribution in [0.5, 0.6) is 0 Å². The van der Waals surface area contributed by atoms with Gasteiger partial charge in [0.1, 0.15) is 12.2 Å². The second kappa shape index (κ2) is 2.25. The Balaban J connectivity index is 2.14. The van der Waals surface area contributed by atoms with Crippen LogP contribution in [0.15, 0.2) is 29.4 Å². The Labute approximate surface area is 74.8 Å². The first-order valence-corrected chi connectivity index (χ1v) is 4.20. The van der Waals surface area contributed by atoms with Crippen LogP contribution in [0, 0.1) is 0 Å². The molecule has 0 unspecified atom stereocenters. The van der Waals surface area contributed by atoms with E-state index in [2.05, 4.69) is 10.0 Å². The van der Waals surface area contributed by atoms with Crippen LogP contribution in [0.3, 0.4) is 0 Å². The quantitative estimate of drug-likeness (QED) is 0.278. The van der Waals surface area contributed by atoms with E-state index in [9.17, 15) is 0 Å². The number of epoxide rings is 1. The summed E-state index contributed by atoms with van der Waals surface area (Å²) in [6.45, 7) is 0. The zero-order valence-corrected chi connectivity index (χ0v) is 6.79. The third-order valence-electron chi connectivity index (χ3n) is 2.63. The van der Waals surface area contributed by atoms with Gasteiger partial charge in [-0.15, -0.1) is 0 Å². The molecule has 1 fully saturated rings.